The highest BCUT2D eigenvalue weighted by atomic mass is 35.5. The van der Waals surface area contributed by atoms with Crippen LogP contribution in [0, 0.1) is 6.92 Å². The van der Waals surface area contributed by atoms with Gasteiger partial charge in [-0.15, -0.1) is 0 Å². The Labute approximate surface area is 122 Å². The van der Waals surface area contributed by atoms with Crippen molar-refractivity contribution in [1.29, 1.82) is 0 Å². The van der Waals surface area contributed by atoms with Crippen LogP contribution in [-0.4, -0.2) is 9.78 Å². The van der Waals surface area contributed by atoms with E-state index in [2.05, 4.69) is 5.10 Å². The van der Waals surface area contributed by atoms with E-state index in [1.165, 1.54) is 5.56 Å². The summed E-state index contributed by atoms with van der Waals surface area (Å²) in [6, 6.07) is 17.5. The van der Waals surface area contributed by atoms with E-state index in [-0.39, 0.29) is 0 Å². The summed E-state index contributed by atoms with van der Waals surface area (Å²) < 4.78 is 1.72. The summed E-state index contributed by atoms with van der Waals surface area (Å²) in [6.07, 6.45) is 0. The molecule has 3 aromatic rings. The minimum absolute atomic E-state index is 0.587. The lowest BCUT2D eigenvalue weighted by atomic mass is 10.1. The number of rotatable bonds is 2. The lowest BCUT2D eigenvalue weighted by Gasteiger charge is -2.04. The topological polar surface area (TPSA) is 43.8 Å². The number of anilines is 1. The number of nitrogen functional groups attached to an aromatic ring is 1. The highest BCUT2D eigenvalue weighted by molar-refractivity contribution is 6.33. The molecule has 4 heteroatoms. The fraction of sp³-hybridized carbons (Fsp3) is 0.0625. The van der Waals surface area contributed by atoms with Crippen LogP contribution < -0.4 is 5.73 Å². The second kappa shape index (κ2) is 5.02. The molecule has 0 saturated carbocycles. The van der Waals surface area contributed by atoms with E-state index in [4.69, 9.17) is 17.3 Å². The van der Waals surface area contributed by atoms with Crippen LogP contribution in [0.5, 0.6) is 0 Å². The van der Waals surface area contributed by atoms with Gasteiger partial charge in [-0.2, -0.15) is 5.10 Å². The van der Waals surface area contributed by atoms with Gasteiger partial charge in [-0.3, -0.25) is 0 Å². The molecule has 0 spiro atoms. The van der Waals surface area contributed by atoms with Crippen LogP contribution in [0.2, 0.25) is 5.02 Å². The van der Waals surface area contributed by atoms with Crippen molar-refractivity contribution in [1.82, 2.24) is 9.78 Å². The maximum absolute atomic E-state index is 6.20. The summed E-state index contributed by atoms with van der Waals surface area (Å²) in [6.45, 7) is 2.05. The van der Waals surface area contributed by atoms with E-state index >= 15 is 0 Å². The van der Waals surface area contributed by atoms with Gasteiger partial charge in [0.25, 0.3) is 0 Å². The molecule has 2 N–H and O–H groups in total. The molecule has 0 amide bonds. The minimum atomic E-state index is 0.587. The second-order valence-corrected chi connectivity index (χ2v) is 5.09. The van der Waals surface area contributed by atoms with Crippen LogP contribution in [0.1, 0.15) is 5.56 Å². The van der Waals surface area contributed by atoms with E-state index < -0.39 is 0 Å². The number of aryl methyl sites for hydroxylation is 1. The molecule has 1 aromatic heterocycles. The average Bonchev–Trinajstić information content (AvgIpc) is 2.82. The van der Waals surface area contributed by atoms with Crippen molar-refractivity contribution in [3.63, 3.8) is 0 Å². The number of hydrogen-bond acceptors (Lipinski definition) is 2. The van der Waals surface area contributed by atoms with Crippen molar-refractivity contribution in [2.24, 2.45) is 0 Å². The molecule has 20 heavy (non-hydrogen) atoms. The van der Waals surface area contributed by atoms with Crippen molar-refractivity contribution in [3.05, 3.63) is 65.2 Å². The van der Waals surface area contributed by atoms with Gasteiger partial charge in [-0.25, -0.2) is 4.68 Å². The van der Waals surface area contributed by atoms with Gasteiger partial charge in [0.2, 0.25) is 0 Å². The standard InChI is InChI=1S/C16H14ClN3/c1-11-6-8-12(9-7-11)20-16(18)10-15(19-20)13-4-2-3-5-14(13)17/h2-10H,18H2,1H3. The lowest BCUT2D eigenvalue weighted by Crippen LogP contribution is -2.01. The molecule has 0 unspecified atom stereocenters. The molecule has 2 aromatic carbocycles. The number of hydrogen-bond donors (Lipinski definition) is 1. The zero-order chi connectivity index (χ0) is 14.1. The summed E-state index contributed by atoms with van der Waals surface area (Å²) in [7, 11) is 0. The smallest absolute Gasteiger partial charge is 0.127 e. The van der Waals surface area contributed by atoms with E-state index in [1.807, 2.05) is 61.5 Å². The largest absolute Gasteiger partial charge is 0.384 e. The Morgan fingerprint density at radius 3 is 2.45 bits per heavy atom. The number of benzene rings is 2. The molecule has 0 aliphatic rings. The summed E-state index contributed by atoms with van der Waals surface area (Å²) in [5.41, 5.74) is 9.85. The Kier molecular flexibility index (Phi) is 3.20. The first kappa shape index (κ1) is 12.8. The fourth-order valence-electron chi connectivity index (χ4n) is 2.09. The van der Waals surface area contributed by atoms with Crippen LogP contribution in [-0.2, 0) is 0 Å². The van der Waals surface area contributed by atoms with E-state index in [0.717, 1.165) is 16.9 Å². The molecule has 0 saturated heterocycles. The zero-order valence-corrected chi connectivity index (χ0v) is 11.8. The SMILES string of the molecule is Cc1ccc(-n2nc(-c3ccccc3Cl)cc2N)cc1. The van der Waals surface area contributed by atoms with Crippen LogP contribution in [0.25, 0.3) is 16.9 Å². The van der Waals surface area contributed by atoms with Gasteiger partial charge in [0.15, 0.2) is 0 Å². The first-order chi connectivity index (χ1) is 9.65. The van der Waals surface area contributed by atoms with E-state index in [9.17, 15) is 0 Å². The Bertz CT molecular complexity index is 745. The molecule has 100 valence electrons. The molecule has 0 radical (unpaired) electrons. The Hall–Kier alpha value is -2.26. The van der Waals surface area contributed by atoms with Crippen LogP contribution in [0.4, 0.5) is 5.82 Å². The molecule has 0 aliphatic heterocycles. The van der Waals surface area contributed by atoms with Crippen LogP contribution in [0.3, 0.4) is 0 Å². The molecule has 1 heterocycles. The van der Waals surface area contributed by atoms with Crippen molar-refractivity contribution in [2.75, 3.05) is 5.73 Å². The normalized spacial score (nSPS) is 10.7. The third-order valence-corrected chi connectivity index (χ3v) is 3.49. The Balaban J connectivity index is 2.08. The quantitative estimate of drug-likeness (QED) is 0.770. The monoisotopic (exact) mass is 283 g/mol. The fourth-order valence-corrected chi connectivity index (χ4v) is 2.32. The van der Waals surface area contributed by atoms with Gasteiger partial charge in [0, 0.05) is 11.6 Å². The summed E-state index contributed by atoms with van der Waals surface area (Å²) in [5.74, 6) is 0.587. The molecule has 0 aliphatic carbocycles. The molecule has 0 atom stereocenters. The van der Waals surface area contributed by atoms with Gasteiger partial charge in [0.05, 0.1) is 16.4 Å². The third kappa shape index (κ3) is 2.28. The predicted octanol–water partition coefficient (Wildman–Crippen LogP) is 4.08. The van der Waals surface area contributed by atoms with Crippen LogP contribution >= 0.6 is 11.6 Å². The van der Waals surface area contributed by atoms with Crippen molar-refractivity contribution in [2.45, 2.75) is 6.92 Å². The van der Waals surface area contributed by atoms with Gasteiger partial charge < -0.3 is 5.73 Å². The van der Waals surface area contributed by atoms with Gasteiger partial charge in [-0.1, -0.05) is 47.5 Å². The molecule has 3 nitrogen and oxygen atoms in total. The summed E-state index contributed by atoms with van der Waals surface area (Å²) in [4.78, 5) is 0. The van der Waals surface area contributed by atoms with Crippen LogP contribution in [0.15, 0.2) is 54.6 Å². The highest BCUT2D eigenvalue weighted by Gasteiger charge is 2.10. The maximum atomic E-state index is 6.20. The first-order valence-corrected chi connectivity index (χ1v) is 6.70. The van der Waals surface area contributed by atoms with Crippen molar-refractivity contribution < 1.29 is 0 Å². The zero-order valence-electron chi connectivity index (χ0n) is 11.0. The average molecular weight is 284 g/mol. The van der Waals surface area contributed by atoms with E-state index in [1.54, 1.807) is 4.68 Å². The summed E-state index contributed by atoms with van der Waals surface area (Å²) >= 11 is 6.20. The molecule has 3 rings (SSSR count). The molecule has 0 fully saturated rings. The molecular weight excluding hydrogens is 270 g/mol. The van der Waals surface area contributed by atoms with Gasteiger partial charge in [0.1, 0.15) is 5.82 Å². The number of halogens is 1. The summed E-state index contributed by atoms with van der Waals surface area (Å²) in [5, 5.41) is 5.22. The van der Waals surface area contributed by atoms with E-state index in [0.29, 0.717) is 10.8 Å². The van der Waals surface area contributed by atoms with Crippen molar-refractivity contribution >= 4 is 17.4 Å². The number of nitrogens with zero attached hydrogens (tertiary/aromatic N) is 2. The number of aromatic nitrogens is 2. The van der Waals surface area contributed by atoms with Gasteiger partial charge >= 0.3 is 0 Å². The highest BCUT2D eigenvalue weighted by Crippen LogP contribution is 2.28. The lowest BCUT2D eigenvalue weighted by molar-refractivity contribution is 0.894. The second-order valence-electron chi connectivity index (χ2n) is 4.68. The maximum Gasteiger partial charge on any atom is 0.127 e. The predicted molar refractivity (Wildman–Crippen MR) is 83.2 cm³/mol. The Morgan fingerprint density at radius 2 is 1.75 bits per heavy atom. The molecule has 0 bridgehead atoms. The van der Waals surface area contributed by atoms with Gasteiger partial charge in [-0.05, 0) is 25.1 Å². The Morgan fingerprint density at radius 1 is 1.05 bits per heavy atom. The first-order valence-electron chi connectivity index (χ1n) is 6.32. The van der Waals surface area contributed by atoms with Crippen molar-refractivity contribution in [3.8, 4) is 16.9 Å². The minimum Gasteiger partial charge on any atom is -0.384 e. The molecular formula is C16H14ClN3. The third-order valence-electron chi connectivity index (χ3n) is 3.17. The number of nitrogens with two attached hydrogens (primary N) is 1.